The average Bonchev–Trinajstić information content (AvgIpc) is 2.98. The zero-order valence-electron chi connectivity index (χ0n) is 13.7. The van der Waals surface area contributed by atoms with Crippen LogP contribution in [0.15, 0.2) is 48.5 Å². The third kappa shape index (κ3) is 4.07. The summed E-state index contributed by atoms with van der Waals surface area (Å²) in [4.78, 5) is 34.4. The molecule has 0 aliphatic heterocycles. The molecule has 3 aromatic rings. The molecule has 0 unspecified atom stereocenters. The van der Waals surface area contributed by atoms with Gasteiger partial charge in [-0.2, -0.15) is 0 Å². The van der Waals surface area contributed by atoms with E-state index in [0.717, 1.165) is 10.1 Å². The summed E-state index contributed by atoms with van der Waals surface area (Å²) in [6.45, 7) is 0. The fourth-order valence-corrected chi connectivity index (χ4v) is 4.08. The summed E-state index contributed by atoms with van der Waals surface area (Å²) in [6, 6.07) is 11.7. The number of nitrogens with one attached hydrogen (secondary N) is 1. The molecule has 2 aromatic carbocycles. The molecule has 1 atom stereocenters. The lowest BCUT2D eigenvalue weighted by molar-refractivity contribution is -0.385. The van der Waals surface area contributed by atoms with E-state index in [-0.39, 0.29) is 15.6 Å². The zero-order chi connectivity index (χ0) is 19.6. The van der Waals surface area contributed by atoms with Crippen molar-refractivity contribution >= 4 is 50.6 Å². The van der Waals surface area contributed by atoms with Crippen LogP contribution in [0.1, 0.15) is 27.7 Å². The zero-order valence-corrected chi connectivity index (χ0v) is 15.3. The second-order valence-corrected chi connectivity index (χ2v) is 7.13. The number of carbonyl (C=O) groups is 2. The maximum Gasteiger partial charge on any atom is 0.269 e. The topological polar surface area (TPSA) is 112 Å². The van der Waals surface area contributed by atoms with Crippen LogP contribution in [0.4, 0.5) is 5.69 Å². The van der Waals surface area contributed by atoms with Crippen molar-refractivity contribution in [2.45, 2.75) is 12.5 Å². The van der Waals surface area contributed by atoms with Crippen molar-refractivity contribution in [2.24, 2.45) is 0 Å². The number of amides is 1. The number of non-ortho nitro benzene ring substituents is 1. The van der Waals surface area contributed by atoms with Crippen molar-refractivity contribution in [3.8, 4) is 0 Å². The predicted octanol–water partition coefficient (Wildman–Crippen LogP) is 3.07. The normalized spacial score (nSPS) is 11.9. The number of aliphatic carboxylic acids is 1. The minimum atomic E-state index is -1.39. The maximum atomic E-state index is 12.7. The van der Waals surface area contributed by atoms with Crippen LogP contribution in [0.3, 0.4) is 0 Å². The number of hydrogen-bond donors (Lipinski definition) is 1. The molecule has 0 saturated heterocycles. The predicted molar refractivity (Wildman–Crippen MR) is 99.8 cm³/mol. The number of nitro benzene ring substituents is 1. The third-order valence-corrected chi connectivity index (χ3v) is 5.57. The molecule has 0 fully saturated rings. The van der Waals surface area contributed by atoms with Gasteiger partial charge in [0.1, 0.15) is 4.88 Å². The highest BCUT2D eigenvalue weighted by molar-refractivity contribution is 7.21. The van der Waals surface area contributed by atoms with E-state index in [2.05, 4.69) is 5.32 Å². The van der Waals surface area contributed by atoms with Crippen LogP contribution < -0.4 is 10.4 Å². The highest BCUT2D eigenvalue weighted by atomic mass is 35.5. The van der Waals surface area contributed by atoms with Gasteiger partial charge in [0.15, 0.2) is 0 Å². The SMILES string of the molecule is O=C([O-])C[C@@H](NC(=O)c1sc2ccccc2c1Cl)c1cccc([N+](=O)[O-])c1. The summed E-state index contributed by atoms with van der Waals surface area (Å²) in [5, 5.41) is 25.7. The maximum absolute atomic E-state index is 12.7. The van der Waals surface area contributed by atoms with Gasteiger partial charge >= 0.3 is 0 Å². The number of halogens is 1. The number of thiophene rings is 1. The Morgan fingerprint density at radius 3 is 2.59 bits per heavy atom. The monoisotopic (exact) mass is 403 g/mol. The molecule has 1 heterocycles. The lowest BCUT2D eigenvalue weighted by Gasteiger charge is -2.19. The van der Waals surface area contributed by atoms with Gasteiger partial charge in [-0.25, -0.2) is 0 Å². The molecule has 138 valence electrons. The van der Waals surface area contributed by atoms with Gasteiger partial charge in [0.05, 0.1) is 16.0 Å². The Hall–Kier alpha value is -2.97. The summed E-state index contributed by atoms with van der Waals surface area (Å²) in [5.41, 5.74) is 0.0870. The molecule has 7 nitrogen and oxygen atoms in total. The number of nitro groups is 1. The number of nitrogens with zero attached hydrogens (tertiary/aromatic N) is 1. The molecule has 0 radical (unpaired) electrons. The van der Waals surface area contributed by atoms with Crippen molar-refractivity contribution in [3.05, 3.63) is 74.1 Å². The van der Waals surface area contributed by atoms with Gasteiger partial charge < -0.3 is 15.2 Å². The Balaban J connectivity index is 1.93. The Morgan fingerprint density at radius 1 is 1.19 bits per heavy atom. The largest absolute Gasteiger partial charge is 0.550 e. The number of carboxylic acid groups (broad SMARTS) is 1. The molecule has 0 spiro atoms. The smallest absolute Gasteiger partial charge is 0.269 e. The van der Waals surface area contributed by atoms with Gasteiger partial charge in [0.25, 0.3) is 11.6 Å². The van der Waals surface area contributed by atoms with Gasteiger partial charge in [-0.3, -0.25) is 14.9 Å². The van der Waals surface area contributed by atoms with Gasteiger partial charge in [-0.05, 0) is 11.6 Å². The number of fused-ring (bicyclic) bond motifs is 1. The first-order chi connectivity index (χ1) is 12.9. The van der Waals surface area contributed by atoms with Crippen LogP contribution in [0.25, 0.3) is 10.1 Å². The number of carbonyl (C=O) groups excluding carboxylic acids is 2. The number of rotatable bonds is 6. The lowest BCUT2D eigenvalue weighted by atomic mass is 10.0. The molecule has 0 saturated carbocycles. The molecule has 27 heavy (non-hydrogen) atoms. The van der Waals surface area contributed by atoms with Crippen LogP contribution in [-0.4, -0.2) is 16.8 Å². The van der Waals surface area contributed by atoms with Crippen molar-refractivity contribution in [2.75, 3.05) is 0 Å². The van der Waals surface area contributed by atoms with E-state index in [1.807, 2.05) is 12.1 Å². The average molecular weight is 404 g/mol. The first kappa shape index (κ1) is 18.8. The summed E-state index contributed by atoms with van der Waals surface area (Å²) in [6.07, 6.45) is -0.532. The molecule has 1 aromatic heterocycles. The number of benzene rings is 2. The van der Waals surface area contributed by atoms with Gasteiger partial charge in [0, 0.05) is 34.6 Å². The first-order valence-corrected chi connectivity index (χ1v) is 8.98. The Labute approximate surface area is 162 Å². The molecule has 3 rings (SSSR count). The molecule has 0 bridgehead atoms. The van der Waals surface area contributed by atoms with Gasteiger partial charge in [0.2, 0.25) is 0 Å². The molecule has 1 amide bonds. The minimum absolute atomic E-state index is 0.204. The second kappa shape index (κ2) is 7.73. The van der Waals surface area contributed by atoms with E-state index >= 15 is 0 Å². The minimum Gasteiger partial charge on any atom is -0.550 e. The quantitative estimate of drug-likeness (QED) is 0.502. The van der Waals surface area contributed by atoms with Crippen molar-refractivity contribution in [1.82, 2.24) is 5.32 Å². The van der Waals surface area contributed by atoms with Crippen LogP contribution in [-0.2, 0) is 4.79 Å². The molecular weight excluding hydrogens is 392 g/mol. The van der Waals surface area contributed by atoms with Crippen LogP contribution in [0.2, 0.25) is 5.02 Å². The Bertz CT molecular complexity index is 1050. The summed E-state index contributed by atoms with van der Waals surface area (Å²) in [7, 11) is 0. The fourth-order valence-electron chi connectivity index (χ4n) is 2.66. The molecule has 0 aliphatic rings. The van der Waals surface area contributed by atoms with E-state index in [0.29, 0.717) is 5.56 Å². The highest BCUT2D eigenvalue weighted by Gasteiger charge is 2.22. The molecule has 1 N–H and O–H groups in total. The Morgan fingerprint density at radius 2 is 1.93 bits per heavy atom. The van der Waals surface area contributed by atoms with Gasteiger partial charge in [-0.15, -0.1) is 11.3 Å². The van der Waals surface area contributed by atoms with E-state index in [4.69, 9.17) is 11.6 Å². The third-order valence-electron chi connectivity index (χ3n) is 3.90. The summed E-state index contributed by atoms with van der Waals surface area (Å²) < 4.78 is 0.819. The summed E-state index contributed by atoms with van der Waals surface area (Å²) in [5.74, 6) is -1.95. The molecule has 9 heteroatoms. The second-order valence-electron chi connectivity index (χ2n) is 5.70. The van der Waals surface area contributed by atoms with Crippen LogP contribution >= 0.6 is 22.9 Å². The van der Waals surface area contributed by atoms with Crippen molar-refractivity contribution in [3.63, 3.8) is 0 Å². The Kier molecular flexibility index (Phi) is 5.38. The van der Waals surface area contributed by atoms with E-state index < -0.39 is 29.3 Å². The van der Waals surface area contributed by atoms with E-state index in [1.54, 1.807) is 12.1 Å². The fraction of sp³-hybridized carbons (Fsp3) is 0.111. The number of carboxylic acids is 1. The highest BCUT2D eigenvalue weighted by Crippen LogP contribution is 2.35. The first-order valence-electron chi connectivity index (χ1n) is 7.79. The van der Waals surface area contributed by atoms with E-state index in [9.17, 15) is 24.8 Å². The van der Waals surface area contributed by atoms with E-state index in [1.165, 1.54) is 35.6 Å². The lowest BCUT2D eigenvalue weighted by Crippen LogP contribution is -2.34. The molecule has 0 aliphatic carbocycles. The molecular formula is C18H12ClN2O5S-. The van der Waals surface area contributed by atoms with Crippen molar-refractivity contribution in [1.29, 1.82) is 0 Å². The summed E-state index contributed by atoms with van der Waals surface area (Å²) >= 11 is 7.47. The standard InChI is InChI=1S/C18H13ClN2O5S/c19-16-12-6-1-2-7-14(12)27-17(16)18(24)20-13(9-15(22)23)10-4-3-5-11(8-10)21(25)26/h1-8,13H,9H2,(H,20,24)(H,22,23)/p-1/t13-/m1/s1. The van der Waals surface area contributed by atoms with Gasteiger partial charge in [-0.1, -0.05) is 41.9 Å². The van der Waals surface area contributed by atoms with Crippen molar-refractivity contribution < 1.29 is 19.6 Å². The van der Waals surface area contributed by atoms with Crippen LogP contribution in [0.5, 0.6) is 0 Å². The van der Waals surface area contributed by atoms with Crippen LogP contribution in [0, 0.1) is 10.1 Å². The number of hydrogen-bond acceptors (Lipinski definition) is 6.